The number of benzene rings is 2. The zero-order valence-corrected chi connectivity index (χ0v) is 11.9. The average Bonchev–Trinajstić information content (AvgIpc) is 2.97. The fourth-order valence-electron chi connectivity index (χ4n) is 2.80. The first-order valence-electron chi connectivity index (χ1n) is 7.22. The zero-order valence-electron chi connectivity index (χ0n) is 11.9. The smallest absolute Gasteiger partial charge is 0.317 e. The molecule has 3 rings (SSSR count). The molecule has 0 aliphatic carbocycles. The summed E-state index contributed by atoms with van der Waals surface area (Å²) >= 11 is 0. The first-order chi connectivity index (χ1) is 10.6. The molecule has 1 atom stereocenters. The summed E-state index contributed by atoms with van der Waals surface area (Å²) in [7, 11) is 0. The topological polar surface area (TPSA) is 32.3 Å². The number of nitrogens with zero attached hydrogens (tertiary/aromatic N) is 1. The zero-order chi connectivity index (χ0) is 15.5. The van der Waals surface area contributed by atoms with E-state index in [1.165, 1.54) is 24.3 Å². The maximum Gasteiger partial charge on any atom is 0.322 e. The minimum Gasteiger partial charge on any atom is -0.317 e. The third-order valence-corrected chi connectivity index (χ3v) is 3.84. The fourth-order valence-corrected chi connectivity index (χ4v) is 2.80. The van der Waals surface area contributed by atoms with E-state index in [9.17, 15) is 13.6 Å². The summed E-state index contributed by atoms with van der Waals surface area (Å²) in [5.74, 6) is -0.688. The first-order valence-corrected chi connectivity index (χ1v) is 7.22. The molecular weight excluding hydrogens is 286 g/mol. The summed E-state index contributed by atoms with van der Waals surface area (Å²) in [6.45, 7) is 0.628. The maximum absolute atomic E-state index is 13.2. The molecule has 0 unspecified atom stereocenters. The molecule has 114 valence electrons. The van der Waals surface area contributed by atoms with Crippen LogP contribution in [0.25, 0.3) is 0 Å². The summed E-state index contributed by atoms with van der Waals surface area (Å²) in [4.78, 5) is 14.1. The molecule has 2 aromatic rings. The Morgan fingerprint density at radius 2 is 1.86 bits per heavy atom. The van der Waals surface area contributed by atoms with Crippen LogP contribution in [0.2, 0.25) is 0 Å². The van der Waals surface area contributed by atoms with Crippen molar-refractivity contribution in [2.24, 2.45) is 0 Å². The van der Waals surface area contributed by atoms with Gasteiger partial charge in [0.2, 0.25) is 0 Å². The molecule has 1 aliphatic rings. The number of carbonyl (C=O) groups is 1. The number of likely N-dealkylation sites (tertiary alicyclic amines) is 1. The Morgan fingerprint density at radius 3 is 2.59 bits per heavy atom. The Labute approximate surface area is 127 Å². The van der Waals surface area contributed by atoms with Gasteiger partial charge in [0.05, 0.1) is 6.04 Å². The maximum atomic E-state index is 13.2. The van der Waals surface area contributed by atoms with Crippen molar-refractivity contribution in [3.8, 4) is 0 Å². The van der Waals surface area contributed by atoms with Crippen LogP contribution in [0.5, 0.6) is 0 Å². The van der Waals surface area contributed by atoms with Gasteiger partial charge in [0.15, 0.2) is 0 Å². The number of nitrogens with one attached hydrogen (secondary N) is 1. The number of rotatable bonds is 2. The van der Waals surface area contributed by atoms with Crippen molar-refractivity contribution < 1.29 is 13.6 Å². The Hall–Kier alpha value is -2.43. The molecule has 2 amide bonds. The van der Waals surface area contributed by atoms with Gasteiger partial charge in [0, 0.05) is 12.2 Å². The summed E-state index contributed by atoms with van der Waals surface area (Å²) in [6, 6.07) is 11.7. The fraction of sp³-hybridized carbons (Fsp3) is 0.235. The highest BCUT2D eigenvalue weighted by molar-refractivity contribution is 5.89. The molecule has 5 heteroatoms. The van der Waals surface area contributed by atoms with Gasteiger partial charge in [0.25, 0.3) is 0 Å². The second kappa shape index (κ2) is 6.13. The van der Waals surface area contributed by atoms with Gasteiger partial charge in [0.1, 0.15) is 11.6 Å². The molecule has 22 heavy (non-hydrogen) atoms. The van der Waals surface area contributed by atoms with Crippen molar-refractivity contribution in [3.05, 3.63) is 65.7 Å². The van der Waals surface area contributed by atoms with E-state index in [0.29, 0.717) is 12.2 Å². The van der Waals surface area contributed by atoms with E-state index >= 15 is 0 Å². The van der Waals surface area contributed by atoms with Crippen molar-refractivity contribution in [2.75, 3.05) is 11.9 Å². The van der Waals surface area contributed by atoms with Crippen LogP contribution in [0.3, 0.4) is 0 Å². The number of hydrogen-bond acceptors (Lipinski definition) is 1. The molecule has 0 radical (unpaired) electrons. The van der Waals surface area contributed by atoms with Gasteiger partial charge in [-0.1, -0.05) is 18.2 Å². The first kappa shape index (κ1) is 14.5. The summed E-state index contributed by atoms with van der Waals surface area (Å²) < 4.78 is 26.2. The molecule has 0 aromatic heterocycles. The third kappa shape index (κ3) is 3.08. The van der Waals surface area contributed by atoms with Crippen molar-refractivity contribution in [2.45, 2.75) is 18.9 Å². The SMILES string of the molecule is O=C(Nc1cccc(F)c1)N1CCC[C@H]1c1ccc(F)cc1. The lowest BCUT2D eigenvalue weighted by atomic mass is 10.0. The van der Waals surface area contributed by atoms with Crippen LogP contribution >= 0.6 is 0 Å². The number of anilines is 1. The van der Waals surface area contributed by atoms with E-state index in [4.69, 9.17) is 0 Å². The van der Waals surface area contributed by atoms with E-state index in [1.807, 2.05) is 0 Å². The normalized spacial score (nSPS) is 17.5. The lowest BCUT2D eigenvalue weighted by Gasteiger charge is -2.25. The van der Waals surface area contributed by atoms with E-state index < -0.39 is 5.82 Å². The van der Waals surface area contributed by atoms with Gasteiger partial charge in [-0.15, -0.1) is 0 Å². The van der Waals surface area contributed by atoms with Gasteiger partial charge >= 0.3 is 6.03 Å². The summed E-state index contributed by atoms with van der Waals surface area (Å²) in [6.07, 6.45) is 1.72. The number of halogens is 2. The van der Waals surface area contributed by atoms with E-state index in [2.05, 4.69) is 5.32 Å². The Bertz CT molecular complexity index is 673. The van der Waals surface area contributed by atoms with Crippen LogP contribution in [0.15, 0.2) is 48.5 Å². The molecule has 1 saturated heterocycles. The standard InChI is InChI=1S/C17H16F2N2O/c18-13-8-6-12(7-9-13)16-5-2-10-21(16)17(22)20-15-4-1-3-14(19)11-15/h1,3-4,6-9,11,16H,2,5,10H2,(H,20,22)/t16-/m0/s1. The van der Waals surface area contributed by atoms with Crippen LogP contribution in [-0.4, -0.2) is 17.5 Å². The van der Waals surface area contributed by atoms with E-state index in [1.54, 1.807) is 29.2 Å². The lowest BCUT2D eigenvalue weighted by Crippen LogP contribution is -2.34. The predicted octanol–water partition coefficient (Wildman–Crippen LogP) is 4.33. The van der Waals surface area contributed by atoms with Crippen LogP contribution in [-0.2, 0) is 0 Å². The molecule has 1 N–H and O–H groups in total. The summed E-state index contributed by atoms with van der Waals surface area (Å²) in [5.41, 5.74) is 1.34. The lowest BCUT2D eigenvalue weighted by molar-refractivity contribution is 0.207. The van der Waals surface area contributed by atoms with Gasteiger partial charge < -0.3 is 10.2 Å². The van der Waals surface area contributed by atoms with Gasteiger partial charge in [-0.25, -0.2) is 13.6 Å². The third-order valence-electron chi connectivity index (χ3n) is 3.84. The number of urea groups is 1. The molecule has 2 aromatic carbocycles. The minimum atomic E-state index is -0.394. The number of carbonyl (C=O) groups excluding carboxylic acids is 1. The Morgan fingerprint density at radius 1 is 1.09 bits per heavy atom. The molecule has 1 aliphatic heterocycles. The highest BCUT2D eigenvalue weighted by atomic mass is 19.1. The van der Waals surface area contributed by atoms with Crippen LogP contribution < -0.4 is 5.32 Å². The average molecular weight is 302 g/mol. The molecule has 0 bridgehead atoms. The van der Waals surface area contributed by atoms with E-state index in [0.717, 1.165) is 18.4 Å². The largest absolute Gasteiger partial charge is 0.322 e. The molecule has 3 nitrogen and oxygen atoms in total. The minimum absolute atomic E-state index is 0.0749. The Balaban J connectivity index is 1.75. The van der Waals surface area contributed by atoms with Crippen molar-refractivity contribution in [1.82, 2.24) is 4.90 Å². The van der Waals surface area contributed by atoms with Gasteiger partial charge in [-0.05, 0) is 48.7 Å². The van der Waals surface area contributed by atoms with Crippen LogP contribution in [0.1, 0.15) is 24.4 Å². The molecule has 0 saturated carbocycles. The van der Waals surface area contributed by atoms with Crippen molar-refractivity contribution in [3.63, 3.8) is 0 Å². The molecule has 0 spiro atoms. The van der Waals surface area contributed by atoms with Crippen LogP contribution in [0.4, 0.5) is 19.3 Å². The highest BCUT2D eigenvalue weighted by Crippen LogP contribution is 2.32. The van der Waals surface area contributed by atoms with E-state index in [-0.39, 0.29) is 17.9 Å². The van der Waals surface area contributed by atoms with Crippen LogP contribution in [0, 0.1) is 11.6 Å². The second-order valence-corrected chi connectivity index (χ2v) is 5.34. The highest BCUT2D eigenvalue weighted by Gasteiger charge is 2.30. The quantitative estimate of drug-likeness (QED) is 0.879. The Kier molecular flexibility index (Phi) is 4.04. The second-order valence-electron chi connectivity index (χ2n) is 5.34. The molecule has 1 heterocycles. The molecule has 1 fully saturated rings. The number of amides is 2. The van der Waals surface area contributed by atoms with Crippen molar-refractivity contribution >= 4 is 11.7 Å². The molecular formula is C17H16F2N2O. The monoisotopic (exact) mass is 302 g/mol. The predicted molar refractivity (Wildman–Crippen MR) is 80.5 cm³/mol. The summed E-state index contributed by atoms with van der Waals surface area (Å²) in [5, 5.41) is 2.71. The van der Waals surface area contributed by atoms with Gasteiger partial charge in [-0.3, -0.25) is 0 Å². The van der Waals surface area contributed by atoms with Gasteiger partial charge in [-0.2, -0.15) is 0 Å². The van der Waals surface area contributed by atoms with Crippen molar-refractivity contribution in [1.29, 1.82) is 0 Å². The number of hydrogen-bond donors (Lipinski definition) is 1.